The topological polar surface area (TPSA) is 50.9 Å². The largest absolute Gasteiger partial charge is 0.396 e. The Hall–Kier alpha value is -2.55. The second-order valence-electron chi connectivity index (χ2n) is 4.78. The van der Waals surface area contributed by atoms with Gasteiger partial charge in [0.2, 0.25) is 0 Å². The molecule has 0 bridgehead atoms. The van der Waals surface area contributed by atoms with E-state index in [4.69, 9.17) is 5.73 Å². The van der Waals surface area contributed by atoms with Gasteiger partial charge in [-0.3, -0.25) is 4.98 Å². The number of aryl methyl sites for hydroxylation is 1. The van der Waals surface area contributed by atoms with Gasteiger partial charge in [-0.1, -0.05) is 37.3 Å². The molecular formula is C17H17N3. The molecule has 1 heterocycles. The summed E-state index contributed by atoms with van der Waals surface area (Å²) in [7, 11) is 0. The van der Waals surface area contributed by atoms with Crippen LogP contribution < -0.4 is 11.1 Å². The van der Waals surface area contributed by atoms with Crippen molar-refractivity contribution in [3.63, 3.8) is 0 Å². The molecule has 0 radical (unpaired) electrons. The number of para-hydroxylation sites is 1. The second kappa shape index (κ2) is 5.21. The molecule has 3 aromatic rings. The first-order valence-electron chi connectivity index (χ1n) is 6.77. The SMILES string of the molecule is CCc1ccc(Nc2c(N)cnc3ccccc23)cc1. The highest BCUT2D eigenvalue weighted by molar-refractivity contribution is 5.98. The molecule has 20 heavy (non-hydrogen) atoms. The van der Waals surface area contributed by atoms with Crippen molar-refractivity contribution in [3.8, 4) is 0 Å². The predicted molar refractivity (Wildman–Crippen MR) is 85.3 cm³/mol. The van der Waals surface area contributed by atoms with E-state index in [1.165, 1.54) is 5.56 Å². The van der Waals surface area contributed by atoms with Crippen molar-refractivity contribution in [2.75, 3.05) is 11.1 Å². The Bertz CT molecular complexity index is 733. The van der Waals surface area contributed by atoms with Crippen molar-refractivity contribution in [2.24, 2.45) is 0 Å². The van der Waals surface area contributed by atoms with E-state index in [9.17, 15) is 0 Å². The Kier molecular flexibility index (Phi) is 3.25. The molecule has 3 N–H and O–H groups in total. The maximum Gasteiger partial charge on any atom is 0.0746 e. The Labute approximate surface area is 118 Å². The van der Waals surface area contributed by atoms with Crippen molar-refractivity contribution in [1.29, 1.82) is 0 Å². The molecule has 0 amide bonds. The monoisotopic (exact) mass is 263 g/mol. The number of pyridine rings is 1. The minimum absolute atomic E-state index is 0.656. The number of benzene rings is 2. The highest BCUT2D eigenvalue weighted by Crippen LogP contribution is 2.30. The van der Waals surface area contributed by atoms with E-state index in [-0.39, 0.29) is 0 Å². The van der Waals surface area contributed by atoms with E-state index in [0.29, 0.717) is 5.69 Å². The molecule has 0 saturated carbocycles. The molecule has 0 unspecified atom stereocenters. The van der Waals surface area contributed by atoms with Gasteiger partial charge in [0.25, 0.3) is 0 Å². The molecule has 0 aliphatic rings. The molecule has 0 aliphatic carbocycles. The van der Waals surface area contributed by atoms with E-state index in [0.717, 1.165) is 28.7 Å². The summed E-state index contributed by atoms with van der Waals surface area (Å²) < 4.78 is 0. The summed E-state index contributed by atoms with van der Waals surface area (Å²) in [6, 6.07) is 16.4. The van der Waals surface area contributed by atoms with Gasteiger partial charge in [0.05, 0.1) is 23.1 Å². The van der Waals surface area contributed by atoms with Crippen molar-refractivity contribution in [1.82, 2.24) is 4.98 Å². The highest BCUT2D eigenvalue weighted by atomic mass is 14.9. The van der Waals surface area contributed by atoms with Crippen LogP contribution in [0.3, 0.4) is 0 Å². The average molecular weight is 263 g/mol. The van der Waals surface area contributed by atoms with Crippen LogP contribution in [0.2, 0.25) is 0 Å². The van der Waals surface area contributed by atoms with E-state index in [1.807, 2.05) is 24.3 Å². The van der Waals surface area contributed by atoms with Crippen LogP contribution in [0.5, 0.6) is 0 Å². The fourth-order valence-corrected chi connectivity index (χ4v) is 2.26. The van der Waals surface area contributed by atoms with E-state index >= 15 is 0 Å². The van der Waals surface area contributed by atoms with Crippen molar-refractivity contribution in [3.05, 3.63) is 60.3 Å². The lowest BCUT2D eigenvalue weighted by Gasteiger charge is -2.12. The maximum absolute atomic E-state index is 6.07. The van der Waals surface area contributed by atoms with Gasteiger partial charge in [0.1, 0.15) is 0 Å². The van der Waals surface area contributed by atoms with Crippen molar-refractivity contribution < 1.29 is 0 Å². The van der Waals surface area contributed by atoms with E-state index in [1.54, 1.807) is 6.20 Å². The molecule has 3 heteroatoms. The molecular weight excluding hydrogens is 246 g/mol. The van der Waals surface area contributed by atoms with Crippen LogP contribution in [0.1, 0.15) is 12.5 Å². The Morgan fingerprint density at radius 2 is 1.80 bits per heavy atom. The quantitative estimate of drug-likeness (QED) is 0.747. The summed E-state index contributed by atoms with van der Waals surface area (Å²) in [5.74, 6) is 0. The lowest BCUT2D eigenvalue weighted by atomic mass is 10.1. The number of nitrogen functional groups attached to an aromatic ring is 1. The van der Waals surface area contributed by atoms with Crippen LogP contribution >= 0.6 is 0 Å². The van der Waals surface area contributed by atoms with E-state index in [2.05, 4.69) is 41.5 Å². The van der Waals surface area contributed by atoms with Crippen LogP contribution in [0.4, 0.5) is 17.1 Å². The lowest BCUT2D eigenvalue weighted by Crippen LogP contribution is -1.98. The van der Waals surface area contributed by atoms with Crippen molar-refractivity contribution >= 4 is 28.0 Å². The van der Waals surface area contributed by atoms with Gasteiger partial charge in [-0.2, -0.15) is 0 Å². The zero-order valence-electron chi connectivity index (χ0n) is 11.4. The van der Waals surface area contributed by atoms with Gasteiger partial charge in [0, 0.05) is 11.1 Å². The minimum atomic E-state index is 0.656. The van der Waals surface area contributed by atoms with Crippen LogP contribution in [-0.4, -0.2) is 4.98 Å². The molecule has 0 atom stereocenters. The molecule has 100 valence electrons. The highest BCUT2D eigenvalue weighted by Gasteiger charge is 2.06. The van der Waals surface area contributed by atoms with Crippen LogP contribution in [0.25, 0.3) is 10.9 Å². The molecule has 1 aromatic heterocycles. The average Bonchev–Trinajstić information content (AvgIpc) is 2.51. The van der Waals surface area contributed by atoms with Gasteiger partial charge in [0.15, 0.2) is 0 Å². The minimum Gasteiger partial charge on any atom is -0.396 e. The van der Waals surface area contributed by atoms with E-state index < -0.39 is 0 Å². The predicted octanol–water partition coefficient (Wildman–Crippen LogP) is 4.12. The second-order valence-corrected chi connectivity index (χ2v) is 4.78. The number of nitrogens with one attached hydrogen (secondary N) is 1. The third-order valence-electron chi connectivity index (χ3n) is 3.44. The summed E-state index contributed by atoms with van der Waals surface area (Å²) in [6.07, 6.45) is 2.74. The molecule has 2 aromatic carbocycles. The molecule has 0 saturated heterocycles. The normalized spacial score (nSPS) is 10.7. The zero-order valence-corrected chi connectivity index (χ0v) is 11.4. The fraction of sp³-hybridized carbons (Fsp3) is 0.118. The Morgan fingerprint density at radius 3 is 2.55 bits per heavy atom. The standard InChI is InChI=1S/C17H17N3/c1-2-12-7-9-13(10-8-12)20-17-14-5-3-4-6-16(14)19-11-15(17)18/h3-11H,2,18H2,1H3,(H,19,20). The number of aromatic nitrogens is 1. The number of nitrogens with two attached hydrogens (primary N) is 1. The first-order chi connectivity index (χ1) is 9.78. The summed E-state index contributed by atoms with van der Waals surface area (Å²) >= 11 is 0. The van der Waals surface area contributed by atoms with Crippen molar-refractivity contribution in [2.45, 2.75) is 13.3 Å². The zero-order chi connectivity index (χ0) is 13.9. The van der Waals surface area contributed by atoms with Gasteiger partial charge >= 0.3 is 0 Å². The first kappa shape index (κ1) is 12.5. The van der Waals surface area contributed by atoms with Crippen LogP contribution in [0.15, 0.2) is 54.7 Å². The summed E-state index contributed by atoms with van der Waals surface area (Å²) in [5.41, 5.74) is 10.9. The number of anilines is 3. The molecule has 0 fully saturated rings. The molecule has 0 aliphatic heterocycles. The summed E-state index contributed by atoms with van der Waals surface area (Å²) in [4.78, 5) is 4.35. The van der Waals surface area contributed by atoms with Gasteiger partial charge < -0.3 is 11.1 Å². The number of hydrogen-bond acceptors (Lipinski definition) is 3. The fourth-order valence-electron chi connectivity index (χ4n) is 2.26. The van der Waals surface area contributed by atoms with Gasteiger partial charge in [-0.25, -0.2) is 0 Å². The molecule has 3 nitrogen and oxygen atoms in total. The van der Waals surface area contributed by atoms with Crippen LogP contribution in [0, 0.1) is 0 Å². The Balaban J connectivity index is 2.02. The number of rotatable bonds is 3. The Morgan fingerprint density at radius 1 is 1.05 bits per heavy atom. The van der Waals surface area contributed by atoms with Crippen LogP contribution in [-0.2, 0) is 6.42 Å². The lowest BCUT2D eigenvalue weighted by molar-refractivity contribution is 1.14. The number of fused-ring (bicyclic) bond motifs is 1. The number of hydrogen-bond donors (Lipinski definition) is 2. The van der Waals surface area contributed by atoms with Gasteiger partial charge in [-0.15, -0.1) is 0 Å². The third kappa shape index (κ3) is 2.30. The third-order valence-corrected chi connectivity index (χ3v) is 3.44. The maximum atomic E-state index is 6.07. The summed E-state index contributed by atoms with van der Waals surface area (Å²) in [5, 5.41) is 4.44. The first-order valence-corrected chi connectivity index (χ1v) is 6.77. The molecule has 3 rings (SSSR count). The van der Waals surface area contributed by atoms with Gasteiger partial charge in [-0.05, 0) is 30.2 Å². The number of nitrogens with zero attached hydrogens (tertiary/aromatic N) is 1. The smallest absolute Gasteiger partial charge is 0.0746 e. The molecule has 0 spiro atoms. The summed E-state index contributed by atoms with van der Waals surface area (Å²) in [6.45, 7) is 2.15.